The van der Waals surface area contributed by atoms with Gasteiger partial charge in [0, 0.05) is 23.8 Å². The second-order valence-electron chi connectivity index (χ2n) is 9.62. The molecule has 4 aromatic rings. The first-order chi connectivity index (χ1) is 19.4. The van der Waals surface area contributed by atoms with Gasteiger partial charge in [0.1, 0.15) is 17.3 Å². The van der Waals surface area contributed by atoms with Crippen LogP contribution in [0.15, 0.2) is 66.4 Å². The lowest BCUT2D eigenvalue weighted by Gasteiger charge is -2.12. The molecular weight excluding hydrogens is 559 g/mol. The summed E-state index contributed by atoms with van der Waals surface area (Å²) in [4.78, 5) is 13.4. The third-order valence-electron chi connectivity index (χ3n) is 6.47. The smallest absolute Gasteiger partial charge is 0.387 e. The van der Waals surface area contributed by atoms with Crippen molar-refractivity contribution in [1.82, 2.24) is 9.78 Å². The number of halogens is 3. The maximum atomic E-state index is 14.0. The number of para-hydroxylation sites is 1. The number of ether oxygens (including phenoxy) is 2. The number of anilines is 1. The molecule has 1 heterocycles. The van der Waals surface area contributed by atoms with E-state index in [-0.39, 0.29) is 34.9 Å². The summed E-state index contributed by atoms with van der Waals surface area (Å²) >= 11 is 0. The van der Waals surface area contributed by atoms with Gasteiger partial charge in [-0.15, -0.1) is 0 Å². The summed E-state index contributed by atoms with van der Waals surface area (Å²) in [6.07, 6.45) is 4.01. The van der Waals surface area contributed by atoms with Crippen molar-refractivity contribution in [2.45, 2.75) is 25.7 Å². The molecule has 0 unspecified atom stereocenters. The zero-order valence-electron chi connectivity index (χ0n) is 21.9. The second-order valence-corrected chi connectivity index (χ2v) is 11.8. The van der Waals surface area contributed by atoms with E-state index in [1.54, 1.807) is 37.3 Å². The van der Waals surface area contributed by atoms with E-state index in [4.69, 9.17) is 10.5 Å². The van der Waals surface area contributed by atoms with Crippen LogP contribution in [0.2, 0.25) is 0 Å². The third kappa shape index (κ3) is 5.97. The highest BCUT2D eigenvalue weighted by atomic mass is 32.2. The summed E-state index contributed by atoms with van der Waals surface area (Å²) in [5.41, 5.74) is 9.14. The van der Waals surface area contributed by atoms with E-state index in [0.29, 0.717) is 33.7 Å². The molecule has 1 aromatic heterocycles. The van der Waals surface area contributed by atoms with Gasteiger partial charge in [0.05, 0.1) is 23.2 Å². The van der Waals surface area contributed by atoms with E-state index in [9.17, 15) is 26.4 Å². The monoisotopic (exact) mass is 583 g/mol. The SMILES string of the molecule is Cc1cc(-n2ncc(C(=O)C3=Cc4cc(OC(F)F)c(CS(C)(=O)=O)cc4C3)c2N)ccc1Oc1ccccc1F. The average molecular weight is 584 g/mol. The Hall–Kier alpha value is -4.58. The normalized spacial score (nSPS) is 12.8. The van der Waals surface area contributed by atoms with Crippen molar-refractivity contribution in [3.8, 4) is 22.9 Å². The second kappa shape index (κ2) is 10.8. The minimum Gasteiger partial charge on any atom is -0.454 e. The molecular formula is C29H24F3N3O5S. The van der Waals surface area contributed by atoms with E-state index in [1.807, 2.05) is 0 Å². The third-order valence-corrected chi connectivity index (χ3v) is 7.30. The number of ketones is 1. The van der Waals surface area contributed by atoms with Crippen LogP contribution >= 0.6 is 0 Å². The van der Waals surface area contributed by atoms with Crippen molar-refractivity contribution >= 4 is 27.5 Å². The molecule has 0 saturated heterocycles. The predicted molar refractivity (Wildman–Crippen MR) is 147 cm³/mol. The molecule has 0 aliphatic heterocycles. The quantitative estimate of drug-likeness (QED) is 0.253. The molecule has 12 heteroatoms. The zero-order chi connectivity index (χ0) is 29.5. The van der Waals surface area contributed by atoms with E-state index in [2.05, 4.69) is 9.84 Å². The number of nitrogens with two attached hydrogens (primary N) is 1. The molecule has 0 saturated carbocycles. The van der Waals surface area contributed by atoms with Gasteiger partial charge >= 0.3 is 6.61 Å². The van der Waals surface area contributed by atoms with Gasteiger partial charge in [-0.2, -0.15) is 13.9 Å². The number of hydrogen-bond acceptors (Lipinski definition) is 7. The molecule has 3 aromatic carbocycles. The molecule has 0 radical (unpaired) electrons. The number of nitrogens with zero attached hydrogens (tertiary/aromatic N) is 2. The molecule has 0 spiro atoms. The molecule has 8 nitrogen and oxygen atoms in total. The summed E-state index contributed by atoms with van der Waals surface area (Å²) in [5.74, 6) is -1.08. The van der Waals surface area contributed by atoms with Crippen LogP contribution in [0.25, 0.3) is 11.8 Å². The van der Waals surface area contributed by atoms with Crippen LogP contribution in [0.4, 0.5) is 19.0 Å². The van der Waals surface area contributed by atoms with E-state index < -0.39 is 33.8 Å². The number of aromatic nitrogens is 2. The molecule has 1 aliphatic carbocycles. The molecule has 41 heavy (non-hydrogen) atoms. The number of rotatable bonds is 9. The van der Waals surface area contributed by atoms with E-state index in [0.717, 1.165) is 6.26 Å². The maximum absolute atomic E-state index is 14.0. The van der Waals surface area contributed by atoms with Crippen LogP contribution < -0.4 is 15.2 Å². The van der Waals surface area contributed by atoms with Gasteiger partial charge < -0.3 is 15.2 Å². The standard InChI is InChI=1S/C29H24F3N3O5S/c1-16-9-21(7-8-24(16)39-25-6-4-3-5-23(25)30)35-28(33)22(14-34-35)27(36)19-10-17-12-20(15-41(2,37)38)26(40-29(31)32)13-18(17)11-19/h3-9,11-14,29H,10,15,33H2,1-2H3. The number of aryl methyl sites for hydroxylation is 1. The lowest BCUT2D eigenvalue weighted by Crippen LogP contribution is -2.09. The topological polar surface area (TPSA) is 114 Å². The maximum Gasteiger partial charge on any atom is 0.387 e. The summed E-state index contributed by atoms with van der Waals surface area (Å²) in [5, 5.41) is 4.27. The number of sulfone groups is 1. The van der Waals surface area contributed by atoms with Crippen molar-refractivity contribution < 1.29 is 35.9 Å². The van der Waals surface area contributed by atoms with Crippen LogP contribution in [0.5, 0.6) is 17.2 Å². The Bertz CT molecular complexity index is 1820. The number of alkyl halides is 2. The molecule has 2 N–H and O–H groups in total. The van der Waals surface area contributed by atoms with Crippen molar-refractivity contribution in [3.63, 3.8) is 0 Å². The fourth-order valence-corrected chi connectivity index (χ4v) is 5.40. The number of carbonyl (C=O) groups is 1. The van der Waals surface area contributed by atoms with Crippen LogP contribution in [0.3, 0.4) is 0 Å². The van der Waals surface area contributed by atoms with Gasteiger partial charge in [-0.3, -0.25) is 4.79 Å². The number of allylic oxidation sites excluding steroid dienone is 1. The lowest BCUT2D eigenvalue weighted by atomic mass is 10.0. The minimum absolute atomic E-state index is 0.0773. The Kier molecular flexibility index (Phi) is 7.35. The zero-order valence-corrected chi connectivity index (χ0v) is 22.7. The van der Waals surface area contributed by atoms with Crippen molar-refractivity contribution in [3.05, 3.63) is 100 Å². The van der Waals surface area contributed by atoms with Gasteiger partial charge in [0.25, 0.3) is 0 Å². The first-order valence-corrected chi connectivity index (χ1v) is 14.4. The molecule has 0 amide bonds. The predicted octanol–water partition coefficient (Wildman–Crippen LogP) is 5.66. The Labute approximate surface area is 233 Å². The summed E-state index contributed by atoms with van der Waals surface area (Å²) in [6.45, 7) is -1.37. The molecule has 212 valence electrons. The molecule has 0 fully saturated rings. The number of Topliss-reactive ketones (excluding diaryl/α,β-unsaturated/α-hetero) is 1. The van der Waals surface area contributed by atoms with Crippen LogP contribution in [-0.4, -0.2) is 36.8 Å². The highest BCUT2D eigenvalue weighted by molar-refractivity contribution is 7.89. The van der Waals surface area contributed by atoms with Crippen LogP contribution in [0, 0.1) is 12.7 Å². The largest absolute Gasteiger partial charge is 0.454 e. The van der Waals surface area contributed by atoms with E-state index in [1.165, 1.54) is 41.2 Å². The Morgan fingerprint density at radius 2 is 1.85 bits per heavy atom. The highest BCUT2D eigenvalue weighted by Gasteiger charge is 2.26. The van der Waals surface area contributed by atoms with Crippen molar-refractivity contribution in [2.75, 3.05) is 12.0 Å². The van der Waals surface area contributed by atoms with Crippen LogP contribution in [0.1, 0.15) is 32.6 Å². The van der Waals surface area contributed by atoms with Crippen molar-refractivity contribution in [2.24, 2.45) is 0 Å². The number of nitrogen functional groups attached to an aromatic ring is 1. The van der Waals surface area contributed by atoms with Gasteiger partial charge in [-0.25, -0.2) is 17.5 Å². The van der Waals surface area contributed by atoms with Crippen molar-refractivity contribution in [1.29, 1.82) is 0 Å². The number of fused-ring (bicyclic) bond motifs is 1. The molecule has 5 rings (SSSR count). The molecule has 0 atom stereocenters. The fraction of sp³-hybridized carbons (Fsp3) is 0.172. The molecule has 1 aliphatic rings. The number of benzene rings is 3. The van der Waals surface area contributed by atoms with Crippen LogP contribution in [-0.2, 0) is 22.0 Å². The summed E-state index contributed by atoms with van der Waals surface area (Å²) < 4.78 is 75.2. The lowest BCUT2D eigenvalue weighted by molar-refractivity contribution is -0.0503. The van der Waals surface area contributed by atoms with E-state index >= 15 is 0 Å². The van der Waals surface area contributed by atoms with Gasteiger partial charge in [0.2, 0.25) is 0 Å². The summed E-state index contributed by atoms with van der Waals surface area (Å²) in [7, 11) is -3.54. The number of hydrogen-bond donors (Lipinski definition) is 1. The Morgan fingerprint density at radius 1 is 1.10 bits per heavy atom. The minimum atomic E-state index is -3.54. The summed E-state index contributed by atoms with van der Waals surface area (Å²) in [6, 6.07) is 13.8. The van der Waals surface area contributed by atoms with Gasteiger partial charge in [-0.1, -0.05) is 18.2 Å². The average Bonchev–Trinajstić information content (AvgIpc) is 3.48. The van der Waals surface area contributed by atoms with Gasteiger partial charge in [0.15, 0.2) is 27.2 Å². The first kappa shape index (κ1) is 28.0. The number of carbonyl (C=O) groups excluding carboxylic acids is 1. The fourth-order valence-electron chi connectivity index (χ4n) is 4.61. The Balaban J connectivity index is 1.39. The first-order valence-electron chi connectivity index (χ1n) is 12.3. The highest BCUT2D eigenvalue weighted by Crippen LogP contribution is 2.35. The molecule has 0 bridgehead atoms. The van der Waals surface area contributed by atoms with Gasteiger partial charge in [-0.05, 0) is 66.1 Å². The Morgan fingerprint density at radius 3 is 2.54 bits per heavy atom.